The zero-order valence-corrected chi connectivity index (χ0v) is 8.25. The van der Waals surface area contributed by atoms with E-state index in [9.17, 15) is 9.59 Å². The Morgan fingerprint density at radius 2 is 1.44 bits per heavy atom. The van der Waals surface area contributed by atoms with Gasteiger partial charge in [0.25, 0.3) is 0 Å². The summed E-state index contributed by atoms with van der Waals surface area (Å²) in [6.45, 7) is 6.01. The van der Waals surface area contributed by atoms with Crippen LogP contribution in [0.3, 0.4) is 0 Å². The summed E-state index contributed by atoms with van der Waals surface area (Å²) in [5.74, 6) is -1.42. The van der Waals surface area contributed by atoms with Gasteiger partial charge >= 0.3 is 11.9 Å². The Morgan fingerprint density at radius 1 is 1.00 bits per heavy atom. The first-order valence-corrected chi connectivity index (χ1v) is 4.14. The van der Waals surface area contributed by atoms with Crippen molar-refractivity contribution >= 4 is 25.4 Å². The minimum atomic E-state index is -0.712. The van der Waals surface area contributed by atoms with Crippen LogP contribution in [0.25, 0.3) is 0 Å². The maximum atomic E-state index is 11.2. The third-order valence-electron chi connectivity index (χ3n) is 1.63. The Morgan fingerprint density at radius 3 is 1.81 bits per heavy atom. The summed E-state index contributed by atoms with van der Waals surface area (Å²) in [5.41, 5.74) is 0.317. The van der Waals surface area contributed by atoms with Gasteiger partial charge in [-0.3, -0.25) is 0 Å². The zero-order chi connectivity index (χ0) is 12.0. The summed E-state index contributed by atoms with van der Waals surface area (Å²) >= 11 is 0. The summed E-state index contributed by atoms with van der Waals surface area (Å²) in [7, 11) is 0. The van der Waals surface area contributed by atoms with E-state index < -0.39 is 11.9 Å². The predicted molar refractivity (Wildman–Crippen MR) is 56.4 cm³/mol. The van der Waals surface area contributed by atoms with E-state index in [0.29, 0.717) is 0 Å². The highest BCUT2D eigenvalue weighted by atomic mass is 16.7. The summed E-state index contributed by atoms with van der Waals surface area (Å²) in [6, 6.07) is 5.72. The Balaban J connectivity index is 2.94. The maximum Gasteiger partial charge on any atom is 0.365 e. The lowest BCUT2D eigenvalue weighted by molar-refractivity contribution is 0.0519. The van der Waals surface area contributed by atoms with Crippen molar-refractivity contribution in [2.45, 2.75) is 0 Å². The Labute approximate surface area is 91.1 Å². The molecule has 0 aliphatic heterocycles. The molecular formula is C10H8N2O4. The molecule has 0 aliphatic rings. The van der Waals surface area contributed by atoms with Gasteiger partial charge in [0.1, 0.15) is 0 Å². The van der Waals surface area contributed by atoms with Crippen LogP contribution in [0.2, 0.25) is 0 Å². The van der Waals surface area contributed by atoms with Gasteiger partial charge in [0.05, 0.1) is 11.1 Å². The third-order valence-corrected chi connectivity index (χ3v) is 1.63. The molecule has 82 valence electrons. The van der Waals surface area contributed by atoms with Gasteiger partial charge in [-0.15, -0.1) is 0 Å². The monoisotopic (exact) mass is 220 g/mol. The molecule has 16 heavy (non-hydrogen) atoms. The van der Waals surface area contributed by atoms with Crippen molar-refractivity contribution < 1.29 is 19.3 Å². The third kappa shape index (κ3) is 2.74. The minimum absolute atomic E-state index is 0.158. The standard InChI is InChI=1S/C10H8N2O4/c1-11-15-9(13)7-4-3-5-8(6-7)10(14)16-12-2/h3-6H,1-2H2. The van der Waals surface area contributed by atoms with Crippen molar-refractivity contribution in [3.8, 4) is 0 Å². The van der Waals surface area contributed by atoms with Crippen molar-refractivity contribution in [1.82, 2.24) is 0 Å². The quantitative estimate of drug-likeness (QED) is 0.434. The molecule has 1 aromatic rings. The highest BCUT2D eigenvalue weighted by molar-refractivity contribution is 5.95. The van der Waals surface area contributed by atoms with Crippen LogP contribution in [-0.2, 0) is 9.68 Å². The molecule has 0 unspecified atom stereocenters. The van der Waals surface area contributed by atoms with E-state index >= 15 is 0 Å². The highest BCUT2D eigenvalue weighted by Crippen LogP contribution is 2.08. The van der Waals surface area contributed by atoms with E-state index in [-0.39, 0.29) is 11.1 Å². The van der Waals surface area contributed by atoms with Crippen LogP contribution in [0.15, 0.2) is 34.6 Å². The fourth-order valence-electron chi connectivity index (χ4n) is 0.996. The molecule has 0 atom stereocenters. The van der Waals surface area contributed by atoms with Crippen molar-refractivity contribution in [2.24, 2.45) is 10.3 Å². The number of hydrogen-bond donors (Lipinski definition) is 0. The van der Waals surface area contributed by atoms with Crippen molar-refractivity contribution in [3.05, 3.63) is 35.4 Å². The summed E-state index contributed by atoms with van der Waals surface area (Å²) in [4.78, 5) is 31.1. The molecule has 0 fully saturated rings. The van der Waals surface area contributed by atoms with Crippen molar-refractivity contribution in [2.75, 3.05) is 0 Å². The predicted octanol–water partition coefficient (Wildman–Crippen LogP) is 1.23. The van der Waals surface area contributed by atoms with Gasteiger partial charge in [0, 0.05) is 13.4 Å². The van der Waals surface area contributed by atoms with Gasteiger partial charge in [-0.25, -0.2) is 9.59 Å². The van der Waals surface area contributed by atoms with Crippen LogP contribution >= 0.6 is 0 Å². The van der Waals surface area contributed by atoms with Gasteiger partial charge < -0.3 is 9.68 Å². The first kappa shape index (κ1) is 11.6. The van der Waals surface area contributed by atoms with Gasteiger partial charge in [-0.2, -0.15) is 0 Å². The zero-order valence-electron chi connectivity index (χ0n) is 8.25. The lowest BCUT2D eigenvalue weighted by atomic mass is 10.1. The van der Waals surface area contributed by atoms with E-state index in [2.05, 4.69) is 33.4 Å². The first-order chi connectivity index (χ1) is 7.69. The molecule has 0 bridgehead atoms. The largest absolute Gasteiger partial charge is 0.365 e. The van der Waals surface area contributed by atoms with Gasteiger partial charge in [0.15, 0.2) is 0 Å². The number of carbonyl (C=O) groups excluding carboxylic acids is 2. The molecule has 0 aliphatic carbocycles. The van der Waals surface area contributed by atoms with Crippen LogP contribution < -0.4 is 0 Å². The van der Waals surface area contributed by atoms with Crippen molar-refractivity contribution in [1.29, 1.82) is 0 Å². The van der Waals surface area contributed by atoms with E-state index in [0.717, 1.165) is 0 Å². The van der Waals surface area contributed by atoms with Crippen LogP contribution in [0, 0.1) is 0 Å². The number of nitrogens with zero attached hydrogens (tertiary/aromatic N) is 2. The Bertz CT molecular complexity index is 405. The minimum Gasteiger partial charge on any atom is -0.313 e. The molecule has 0 saturated heterocycles. The fraction of sp³-hybridized carbons (Fsp3) is 0. The molecule has 6 nitrogen and oxygen atoms in total. The average Bonchev–Trinajstić information content (AvgIpc) is 2.30. The van der Waals surface area contributed by atoms with Crippen LogP contribution in [-0.4, -0.2) is 25.4 Å². The molecule has 6 heteroatoms. The Hall–Kier alpha value is -2.50. The van der Waals surface area contributed by atoms with Gasteiger partial charge in [-0.05, 0) is 18.2 Å². The normalized spacial score (nSPS) is 9.00. The second-order valence-electron chi connectivity index (χ2n) is 2.60. The fourth-order valence-corrected chi connectivity index (χ4v) is 0.996. The molecule has 0 amide bonds. The van der Waals surface area contributed by atoms with Crippen LogP contribution in [0.1, 0.15) is 20.7 Å². The molecule has 0 saturated carbocycles. The lowest BCUT2D eigenvalue weighted by Gasteiger charge is -2.00. The van der Waals surface area contributed by atoms with E-state index in [1.165, 1.54) is 24.3 Å². The average molecular weight is 220 g/mol. The SMILES string of the molecule is C=NOC(=O)c1cccc(C(=O)ON=C)c1. The van der Waals surface area contributed by atoms with E-state index in [4.69, 9.17) is 0 Å². The van der Waals surface area contributed by atoms with E-state index in [1.807, 2.05) is 0 Å². The number of carbonyl (C=O) groups is 2. The van der Waals surface area contributed by atoms with Gasteiger partial charge in [-0.1, -0.05) is 16.4 Å². The van der Waals surface area contributed by atoms with Crippen LogP contribution in [0.5, 0.6) is 0 Å². The second-order valence-corrected chi connectivity index (χ2v) is 2.60. The lowest BCUT2D eigenvalue weighted by Crippen LogP contribution is -2.05. The number of hydrogen-bond acceptors (Lipinski definition) is 6. The Kier molecular flexibility index (Phi) is 3.90. The molecule has 0 radical (unpaired) electrons. The number of benzene rings is 1. The maximum absolute atomic E-state index is 11.2. The molecular weight excluding hydrogens is 212 g/mol. The molecule has 0 spiro atoms. The molecule has 0 heterocycles. The van der Waals surface area contributed by atoms with Gasteiger partial charge in [0.2, 0.25) is 0 Å². The smallest absolute Gasteiger partial charge is 0.313 e. The molecule has 0 aromatic heterocycles. The number of oxime groups is 2. The van der Waals surface area contributed by atoms with Crippen molar-refractivity contribution in [3.63, 3.8) is 0 Å². The number of rotatable bonds is 4. The first-order valence-electron chi connectivity index (χ1n) is 4.14. The molecule has 1 rings (SSSR count). The van der Waals surface area contributed by atoms with E-state index in [1.54, 1.807) is 0 Å². The second kappa shape index (κ2) is 5.40. The summed E-state index contributed by atoms with van der Waals surface area (Å²) in [5, 5.41) is 5.96. The molecule has 0 N–H and O–H groups in total. The summed E-state index contributed by atoms with van der Waals surface area (Å²) < 4.78 is 0. The topological polar surface area (TPSA) is 77.3 Å². The molecule has 1 aromatic carbocycles. The highest BCUT2D eigenvalue weighted by Gasteiger charge is 2.12. The summed E-state index contributed by atoms with van der Waals surface area (Å²) in [6.07, 6.45) is 0. The van der Waals surface area contributed by atoms with Crippen LogP contribution in [0.4, 0.5) is 0 Å².